The topological polar surface area (TPSA) is 67.6 Å². The van der Waals surface area contributed by atoms with Crippen molar-refractivity contribution in [2.75, 3.05) is 39.8 Å². The number of benzene rings is 1. The predicted molar refractivity (Wildman–Crippen MR) is 101 cm³/mol. The molecule has 132 valence electrons. The largest absolute Gasteiger partial charge is 0.497 e. The van der Waals surface area contributed by atoms with E-state index in [4.69, 9.17) is 10.5 Å². The number of ether oxygens (including phenoxy) is 1. The number of carbonyl (C=O) groups is 1. The summed E-state index contributed by atoms with van der Waals surface area (Å²) >= 11 is 1.70. The fourth-order valence-electron chi connectivity index (χ4n) is 2.15. The van der Waals surface area contributed by atoms with Crippen LogP contribution in [0.5, 0.6) is 5.75 Å². The molecule has 5 nitrogen and oxygen atoms in total. The van der Waals surface area contributed by atoms with Gasteiger partial charge in [-0.3, -0.25) is 4.79 Å². The highest BCUT2D eigenvalue weighted by atomic mass is 35.5. The van der Waals surface area contributed by atoms with Crippen LogP contribution in [0.15, 0.2) is 24.3 Å². The summed E-state index contributed by atoms with van der Waals surface area (Å²) in [5.41, 5.74) is 6.99. The number of halogens is 1. The second-order valence-corrected chi connectivity index (χ2v) is 6.37. The molecule has 0 aromatic heterocycles. The molecule has 3 N–H and O–H groups in total. The van der Waals surface area contributed by atoms with Crippen molar-refractivity contribution >= 4 is 30.1 Å². The van der Waals surface area contributed by atoms with E-state index in [9.17, 15) is 4.79 Å². The normalized spacial score (nSPS) is 13.1. The standard InChI is InChI=1S/C16H27N3O2S.ClH/c1-19(2)15(12-6-5-7-13(10-12)21-3)11-18-16(20)14(17)8-9-22-4;/h5-7,10,14-15H,8-9,11,17H2,1-4H3,(H,18,20);1H/t14-,15?;/m0./s1. The van der Waals surface area contributed by atoms with Crippen LogP contribution < -0.4 is 15.8 Å². The summed E-state index contributed by atoms with van der Waals surface area (Å²) in [5, 5.41) is 2.95. The molecule has 0 radical (unpaired) electrons. The molecule has 0 heterocycles. The predicted octanol–water partition coefficient (Wildman–Crippen LogP) is 1.92. The van der Waals surface area contributed by atoms with Crippen molar-refractivity contribution in [3.05, 3.63) is 29.8 Å². The van der Waals surface area contributed by atoms with Crippen LogP contribution in [-0.4, -0.2) is 56.6 Å². The van der Waals surface area contributed by atoms with E-state index in [-0.39, 0.29) is 24.4 Å². The third kappa shape index (κ3) is 7.44. The number of amides is 1. The monoisotopic (exact) mass is 361 g/mol. The maximum Gasteiger partial charge on any atom is 0.237 e. The van der Waals surface area contributed by atoms with E-state index in [0.29, 0.717) is 13.0 Å². The highest BCUT2D eigenvalue weighted by molar-refractivity contribution is 7.98. The van der Waals surface area contributed by atoms with Gasteiger partial charge >= 0.3 is 0 Å². The molecular weight excluding hydrogens is 334 g/mol. The minimum atomic E-state index is -0.444. The van der Waals surface area contributed by atoms with Gasteiger partial charge in [-0.25, -0.2) is 0 Å². The molecule has 1 aromatic carbocycles. The van der Waals surface area contributed by atoms with Crippen LogP contribution in [0.3, 0.4) is 0 Å². The molecule has 0 saturated carbocycles. The molecule has 0 aliphatic carbocycles. The van der Waals surface area contributed by atoms with E-state index in [1.165, 1.54) is 0 Å². The fraction of sp³-hybridized carbons (Fsp3) is 0.562. The van der Waals surface area contributed by atoms with Crippen LogP contribution in [0.25, 0.3) is 0 Å². The number of carbonyl (C=O) groups excluding carboxylic acids is 1. The van der Waals surface area contributed by atoms with Gasteiger partial charge in [-0.1, -0.05) is 12.1 Å². The first-order valence-electron chi connectivity index (χ1n) is 7.32. The fourth-order valence-corrected chi connectivity index (χ4v) is 2.64. The maximum absolute atomic E-state index is 12.0. The van der Waals surface area contributed by atoms with Crippen molar-refractivity contribution in [2.45, 2.75) is 18.5 Å². The van der Waals surface area contributed by atoms with Gasteiger partial charge in [0, 0.05) is 6.54 Å². The maximum atomic E-state index is 12.0. The summed E-state index contributed by atoms with van der Waals surface area (Å²) in [5.74, 6) is 1.61. The zero-order chi connectivity index (χ0) is 16.5. The van der Waals surface area contributed by atoms with Gasteiger partial charge in [0.05, 0.1) is 19.2 Å². The molecular formula is C16H28ClN3O2S. The Bertz CT molecular complexity index is 474. The van der Waals surface area contributed by atoms with Gasteiger partial charge in [0.2, 0.25) is 5.91 Å². The lowest BCUT2D eigenvalue weighted by atomic mass is 10.1. The highest BCUT2D eigenvalue weighted by Crippen LogP contribution is 2.22. The average molecular weight is 362 g/mol. The molecule has 0 spiro atoms. The summed E-state index contributed by atoms with van der Waals surface area (Å²) in [7, 11) is 5.63. The molecule has 0 aliphatic rings. The Balaban J connectivity index is 0.00000484. The van der Waals surface area contributed by atoms with Crippen LogP contribution in [-0.2, 0) is 4.79 Å². The lowest BCUT2D eigenvalue weighted by Gasteiger charge is -2.26. The Morgan fingerprint density at radius 2 is 2.13 bits per heavy atom. The van der Waals surface area contributed by atoms with E-state index in [2.05, 4.69) is 10.2 Å². The Labute approximate surface area is 149 Å². The van der Waals surface area contributed by atoms with Crippen molar-refractivity contribution in [3.63, 3.8) is 0 Å². The summed E-state index contributed by atoms with van der Waals surface area (Å²) < 4.78 is 5.26. The van der Waals surface area contributed by atoms with Crippen LogP contribution in [0.2, 0.25) is 0 Å². The molecule has 0 saturated heterocycles. The Morgan fingerprint density at radius 3 is 2.70 bits per heavy atom. The van der Waals surface area contributed by atoms with Crippen molar-refractivity contribution in [3.8, 4) is 5.75 Å². The molecule has 2 atom stereocenters. The molecule has 23 heavy (non-hydrogen) atoms. The number of nitrogens with zero attached hydrogens (tertiary/aromatic N) is 1. The first-order valence-corrected chi connectivity index (χ1v) is 8.71. The summed E-state index contributed by atoms with van der Waals surface area (Å²) in [6.07, 6.45) is 2.70. The van der Waals surface area contributed by atoms with Crippen molar-refractivity contribution in [1.82, 2.24) is 10.2 Å². The number of methoxy groups -OCH3 is 1. The Kier molecular flexibility index (Phi) is 11.1. The van der Waals surface area contributed by atoms with Gasteiger partial charge < -0.3 is 20.7 Å². The van der Waals surface area contributed by atoms with Gasteiger partial charge in [-0.15, -0.1) is 12.4 Å². The first-order chi connectivity index (χ1) is 10.5. The molecule has 0 aliphatic heterocycles. The molecule has 1 unspecified atom stereocenters. The molecule has 7 heteroatoms. The van der Waals surface area contributed by atoms with Gasteiger partial charge in [-0.05, 0) is 50.2 Å². The van der Waals surface area contributed by atoms with Crippen molar-refractivity contribution < 1.29 is 9.53 Å². The second-order valence-electron chi connectivity index (χ2n) is 5.39. The summed E-state index contributed by atoms with van der Waals surface area (Å²) in [6, 6.07) is 7.52. The molecule has 1 rings (SSSR count). The summed E-state index contributed by atoms with van der Waals surface area (Å²) in [6.45, 7) is 0.520. The number of hydrogen-bond acceptors (Lipinski definition) is 5. The third-order valence-electron chi connectivity index (χ3n) is 3.54. The third-order valence-corrected chi connectivity index (χ3v) is 4.19. The quantitative estimate of drug-likeness (QED) is 0.703. The second kappa shape index (κ2) is 11.6. The zero-order valence-corrected chi connectivity index (χ0v) is 15.9. The number of hydrogen-bond donors (Lipinski definition) is 2. The number of thioether (sulfide) groups is 1. The van der Waals surface area contributed by atoms with Crippen LogP contribution in [0.4, 0.5) is 0 Å². The lowest BCUT2D eigenvalue weighted by Crippen LogP contribution is -2.44. The highest BCUT2D eigenvalue weighted by Gasteiger charge is 2.18. The molecule has 1 amide bonds. The zero-order valence-electron chi connectivity index (χ0n) is 14.2. The number of nitrogens with one attached hydrogen (secondary N) is 1. The van der Waals surface area contributed by atoms with E-state index < -0.39 is 6.04 Å². The Morgan fingerprint density at radius 1 is 1.43 bits per heavy atom. The van der Waals surface area contributed by atoms with Gasteiger partial charge in [0.15, 0.2) is 0 Å². The van der Waals surface area contributed by atoms with Crippen LogP contribution >= 0.6 is 24.2 Å². The van der Waals surface area contributed by atoms with Crippen molar-refractivity contribution in [2.24, 2.45) is 5.73 Å². The van der Waals surface area contributed by atoms with Crippen LogP contribution in [0.1, 0.15) is 18.0 Å². The average Bonchev–Trinajstić information content (AvgIpc) is 2.52. The Hall–Kier alpha value is -0.950. The minimum absolute atomic E-state index is 0. The lowest BCUT2D eigenvalue weighted by molar-refractivity contribution is -0.122. The van der Waals surface area contributed by atoms with E-state index in [0.717, 1.165) is 17.1 Å². The number of likely N-dealkylation sites (N-methyl/N-ethyl adjacent to an activating group) is 1. The van der Waals surface area contributed by atoms with E-state index >= 15 is 0 Å². The smallest absolute Gasteiger partial charge is 0.237 e. The minimum Gasteiger partial charge on any atom is -0.497 e. The molecule has 0 fully saturated rings. The summed E-state index contributed by atoms with van der Waals surface area (Å²) in [4.78, 5) is 14.1. The van der Waals surface area contributed by atoms with E-state index in [1.54, 1.807) is 18.9 Å². The SMILES string of the molecule is COc1cccc(C(CNC(=O)[C@@H](N)CCSC)N(C)C)c1.Cl. The van der Waals surface area contributed by atoms with Crippen molar-refractivity contribution in [1.29, 1.82) is 0 Å². The van der Waals surface area contributed by atoms with E-state index in [1.807, 2.05) is 44.6 Å². The van der Waals surface area contributed by atoms with Gasteiger partial charge in [0.25, 0.3) is 0 Å². The van der Waals surface area contributed by atoms with Gasteiger partial charge in [-0.2, -0.15) is 11.8 Å². The van der Waals surface area contributed by atoms with Gasteiger partial charge in [0.1, 0.15) is 5.75 Å². The van der Waals surface area contributed by atoms with Crippen LogP contribution in [0, 0.1) is 0 Å². The number of nitrogens with two attached hydrogens (primary N) is 1. The molecule has 0 bridgehead atoms. The molecule has 1 aromatic rings. The number of rotatable bonds is 9. The first kappa shape index (κ1) is 22.1.